The summed E-state index contributed by atoms with van der Waals surface area (Å²) in [5.41, 5.74) is 1.03. The molecule has 1 aromatic carbocycles. The molecule has 1 N–H and O–H groups in total. The zero-order valence-electron chi connectivity index (χ0n) is 11.2. The minimum atomic E-state index is -0.229. The highest BCUT2D eigenvalue weighted by molar-refractivity contribution is 5.36. The Morgan fingerprint density at radius 1 is 1.28 bits per heavy atom. The third-order valence-corrected chi connectivity index (χ3v) is 3.72. The van der Waals surface area contributed by atoms with Gasteiger partial charge in [-0.1, -0.05) is 12.5 Å². The summed E-state index contributed by atoms with van der Waals surface area (Å²) < 4.78 is 19.4. The van der Waals surface area contributed by atoms with Gasteiger partial charge in [-0.25, -0.2) is 4.39 Å². The Labute approximate surface area is 109 Å². The van der Waals surface area contributed by atoms with Crippen molar-refractivity contribution >= 4 is 0 Å². The van der Waals surface area contributed by atoms with Crippen molar-refractivity contribution in [2.75, 3.05) is 7.05 Å². The molecule has 18 heavy (non-hydrogen) atoms. The average Bonchev–Trinajstić information content (AvgIpc) is 2.39. The van der Waals surface area contributed by atoms with E-state index >= 15 is 0 Å². The highest BCUT2D eigenvalue weighted by atomic mass is 19.1. The van der Waals surface area contributed by atoms with Gasteiger partial charge < -0.3 is 10.1 Å². The average molecular weight is 251 g/mol. The lowest BCUT2D eigenvalue weighted by Gasteiger charge is -2.25. The SMILES string of the molecule is CNC(C)c1ccc(F)cc1OC1CCCCC1. The molecular weight excluding hydrogens is 229 g/mol. The Morgan fingerprint density at radius 3 is 2.67 bits per heavy atom. The van der Waals surface area contributed by atoms with Crippen LogP contribution in [-0.2, 0) is 0 Å². The van der Waals surface area contributed by atoms with Crippen molar-refractivity contribution < 1.29 is 9.13 Å². The fourth-order valence-electron chi connectivity index (χ4n) is 2.49. The second kappa shape index (κ2) is 6.19. The van der Waals surface area contributed by atoms with Crippen LogP contribution in [0, 0.1) is 5.82 Å². The summed E-state index contributed by atoms with van der Waals surface area (Å²) >= 11 is 0. The molecule has 0 bridgehead atoms. The summed E-state index contributed by atoms with van der Waals surface area (Å²) in [7, 11) is 1.90. The van der Waals surface area contributed by atoms with E-state index in [2.05, 4.69) is 12.2 Å². The van der Waals surface area contributed by atoms with Gasteiger partial charge in [0.2, 0.25) is 0 Å². The molecule has 0 aromatic heterocycles. The van der Waals surface area contributed by atoms with Crippen LogP contribution in [0.15, 0.2) is 18.2 Å². The van der Waals surface area contributed by atoms with Crippen LogP contribution < -0.4 is 10.1 Å². The zero-order chi connectivity index (χ0) is 13.0. The quantitative estimate of drug-likeness (QED) is 0.878. The molecule has 1 saturated carbocycles. The molecule has 1 fully saturated rings. The van der Waals surface area contributed by atoms with Gasteiger partial charge in [0.25, 0.3) is 0 Å². The van der Waals surface area contributed by atoms with Crippen molar-refractivity contribution in [2.24, 2.45) is 0 Å². The van der Waals surface area contributed by atoms with E-state index in [4.69, 9.17) is 4.74 Å². The molecule has 100 valence electrons. The first kappa shape index (κ1) is 13.3. The first-order chi connectivity index (χ1) is 8.70. The second-order valence-corrected chi connectivity index (χ2v) is 5.07. The van der Waals surface area contributed by atoms with Crippen LogP contribution in [-0.4, -0.2) is 13.2 Å². The molecule has 3 heteroatoms. The van der Waals surface area contributed by atoms with Gasteiger partial charge in [0, 0.05) is 17.7 Å². The highest BCUT2D eigenvalue weighted by Gasteiger charge is 2.18. The van der Waals surface area contributed by atoms with Gasteiger partial charge in [-0.15, -0.1) is 0 Å². The number of hydrogen-bond acceptors (Lipinski definition) is 2. The summed E-state index contributed by atoms with van der Waals surface area (Å²) in [4.78, 5) is 0. The summed E-state index contributed by atoms with van der Waals surface area (Å²) in [5.74, 6) is 0.469. The van der Waals surface area contributed by atoms with Gasteiger partial charge in [0.1, 0.15) is 11.6 Å². The third-order valence-electron chi connectivity index (χ3n) is 3.72. The summed E-state index contributed by atoms with van der Waals surface area (Å²) in [6.07, 6.45) is 6.16. The number of hydrogen-bond donors (Lipinski definition) is 1. The molecular formula is C15H22FNO. The maximum absolute atomic E-state index is 13.4. The standard InChI is InChI=1S/C15H22FNO/c1-11(17-2)14-9-8-12(16)10-15(14)18-13-6-4-3-5-7-13/h8-11,13,17H,3-7H2,1-2H3. The molecule has 0 heterocycles. The van der Waals surface area contributed by atoms with E-state index in [-0.39, 0.29) is 18.0 Å². The predicted molar refractivity (Wildman–Crippen MR) is 71.4 cm³/mol. The van der Waals surface area contributed by atoms with Crippen LogP contribution in [0.3, 0.4) is 0 Å². The van der Waals surface area contributed by atoms with Crippen molar-refractivity contribution in [2.45, 2.75) is 51.2 Å². The maximum Gasteiger partial charge on any atom is 0.127 e. The lowest BCUT2D eigenvalue weighted by atomic mass is 9.97. The Hall–Kier alpha value is -1.09. The normalized spacial score (nSPS) is 18.6. The Morgan fingerprint density at radius 2 is 2.00 bits per heavy atom. The van der Waals surface area contributed by atoms with Crippen molar-refractivity contribution in [3.8, 4) is 5.75 Å². The molecule has 0 aliphatic heterocycles. The van der Waals surface area contributed by atoms with E-state index < -0.39 is 0 Å². The fraction of sp³-hybridized carbons (Fsp3) is 0.600. The summed E-state index contributed by atoms with van der Waals surface area (Å²) in [6.45, 7) is 2.06. The molecule has 0 saturated heterocycles. The molecule has 0 spiro atoms. The number of ether oxygens (including phenoxy) is 1. The Bertz CT molecular complexity index is 388. The van der Waals surface area contributed by atoms with Gasteiger partial charge in [0.15, 0.2) is 0 Å². The molecule has 1 unspecified atom stereocenters. The number of halogens is 1. The monoisotopic (exact) mass is 251 g/mol. The first-order valence-electron chi connectivity index (χ1n) is 6.84. The third kappa shape index (κ3) is 3.22. The van der Waals surface area contributed by atoms with Crippen LogP contribution in [0.25, 0.3) is 0 Å². The van der Waals surface area contributed by atoms with E-state index in [0.29, 0.717) is 5.75 Å². The van der Waals surface area contributed by atoms with Crippen LogP contribution in [0.4, 0.5) is 4.39 Å². The van der Waals surface area contributed by atoms with E-state index in [1.807, 2.05) is 13.1 Å². The van der Waals surface area contributed by atoms with Crippen LogP contribution in [0.1, 0.15) is 50.6 Å². The van der Waals surface area contributed by atoms with Gasteiger partial charge in [0.05, 0.1) is 6.10 Å². The largest absolute Gasteiger partial charge is 0.490 e. The van der Waals surface area contributed by atoms with Crippen LogP contribution >= 0.6 is 0 Å². The molecule has 1 aromatic rings. The Balaban J connectivity index is 2.15. The van der Waals surface area contributed by atoms with Crippen molar-refractivity contribution in [3.05, 3.63) is 29.6 Å². The van der Waals surface area contributed by atoms with E-state index in [9.17, 15) is 4.39 Å². The van der Waals surface area contributed by atoms with Gasteiger partial charge in [-0.2, -0.15) is 0 Å². The van der Waals surface area contributed by atoms with Crippen molar-refractivity contribution in [3.63, 3.8) is 0 Å². The van der Waals surface area contributed by atoms with Crippen molar-refractivity contribution in [1.29, 1.82) is 0 Å². The second-order valence-electron chi connectivity index (χ2n) is 5.07. The maximum atomic E-state index is 13.4. The zero-order valence-corrected chi connectivity index (χ0v) is 11.2. The number of nitrogens with one attached hydrogen (secondary N) is 1. The summed E-state index contributed by atoms with van der Waals surface area (Å²) in [6, 6.07) is 4.99. The van der Waals surface area contributed by atoms with E-state index in [1.165, 1.54) is 31.4 Å². The number of benzene rings is 1. The van der Waals surface area contributed by atoms with E-state index in [0.717, 1.165) is 18.4 Å². The molecule has 1 atom stereocenters. The topological polar surface area (TPSA) is 21.3 Å². The minimum absolute atomic E-state index is 0.171. The summed E-state index contributed by atoms with van der Waals surface area (Å²) in [5, 5.41) is 3.18. The van der Waals surface area contributed by atoms with E-state index in [1.54, 1.807) is 0 Å². The number of rotatable bonds is 4. The van der Waals surface area contributed by atoms with Gasteiger partial charge in [-0.05, 0) is 45.7 Å². The predicted octanol–water partition coefficient (Wildman–Crippen LogP) is 3.82. The lowest BCUT2D eigenvalue weighted by Crippen LogP contribution is -2.22. The molecule has 2 nitrogen and oxygen atoms in total. The molecule has 0 radical (unpaired) electrons. The smallest absolute Gasteiger partial charge is 0.127 e. The molecule has 2 rings (SSSR count). The van der Waals surface area contributed by atoms with Gasteiger partial charge in [-0.3, -0.25) is 0 Å². The minimum Gasteiger partial charge on any atom is -0.490 e. The molecule has 1 aliphatic carbocycles. The fourth-order valence-corrected chi connectivity index (χ4v) is 2.49. The van der Waals surface area contributed by atoms with Gasteiger partial charge >= 0.3 is 0 Å². The first-order valence-corrected chi connectivity index (χ1v) is 6.84. The molecule has 0 amide bonds. The highest BCUT2D eigenvalue weighted by Crippen LogP contribution is 2.30. The van der Waals surface area contributed by atoms with Crippen molar-refractivity contribution in [1.82, 2.24) is 5.32 Å². The lowest BCUT2D eigenvalue weighted by molar-refractivity contribution is 0.152. The van der Waals surface area contributed by atoms with Crippen LogP contribution in [0.5, 0.6) is 5.75 Å². The molecule has 1 aliphatic rings. The Kier molecular flexibility index (Phi) is 4.59. The van der Waals surface area contributed by atoms with Crippen LogP contribution in [0.2, 0.25) is 0 Å².